The average Bonchev–Trinajstić information content (AvgIpc) is 2.61. The van der Waals surface area contributed by atoms with E-state index in [1.807, 2.05) is 6.07 Å². The zero-order chi connectivity index (χ0) is 20.5. The summed E-state index contributed by atoms with van der Waals surface area (Å²) in [6.45, 7) is 11.7. The second-order valence-electron chi connectivity index (χ2n) is 10.0. The molecule has 2 rings (SSSR count). The molecule has 3 atom stereocenters. The van der Waals surface area contributed by atoms with E-state index in [2.05, 4.69) is 40.7 Å². The molecule has 1 aliphatic rings. The fourth-order valence-corrected chi connectivity index (χ4v) is 4.65. The third-order valence-corrected chi connectivity index (χ3v) is 6.49. The van der Waals surface area contributed by atoms with Crippen LogP contribution in [0, 0.1) is 24.7 Å². The summed E-state index contributed by atoms with van der Waals surface area (Å²) in [6.07, 6.45) is 14.9. The van der Waals surface area contributed by atoms with Crippen LogP contribution >= 0.6 is 0 Å². The van der Waals surface area contributed by atoms with Crippen molar-refractivity contribution in [2.45, 2.75) is 111 Å². The van der Waals surface area contributed by atoms with Crippen LogP contribution in [-0.2, 0) is 6.42 Å². The molecule has 1 aliphatic heterocycles. The van der Waals surface area contributed by atoms with E-state index in [9.17, 15) is 0 Å². The first-order chi connectivity index (χ1) is 13.3. The topological polar surface area (TPSA) is 35.2 Å². The van der Waals surface area contributed by atoms with Gasteiger partial charge in [-0.25, -0.2) is 0 Å². The number of hydrogen-bond donors (Lipinski definition) is 1. The number of rotatable bonds is 12. The molecule has 0 aromatic heterocycles. The number of hydrogen-bond acceptors (Lipinski definition) is 2. The smallest absolute Gasteiger partial charge is 0.125 e. The predicted molar refractivity (Wildman–Crippen MR) is 123 cm³/mol. The lowest BCUT2D eigenvalue weighted by molar-refractivity contribution is 0.157. The van der Waals surface area contributed by atoms with Crippen molar-refractivity contribution in [1.82, 2.24) is 0 Å². The van der Waals surface area contributed by atoms with Crippen molar-refractivity contribution in [3.63, 3.8) is 0 Å². The molecule has 2 N–H and O–H groups in total. The van der Waals surface area contributed by atoms with Crippen molar-refractivity contribution in [1.29, 1.82) is 0 Å². The minimum atomic E-state index is 0.392. The highest BCUT2D eigenvalue weighted by Crippen LogP contribution is 2.34. The Morgan fingerprint density at radius 2 is 1.54 bits per heavy atom. The van der Waals surface area contributed by atoms with Gasteiger partial charge in [-0.1, -0.05) is 72.6 Å². The largest absolute Gasteiger partial charge is 0.490 e. The Morgan fingerprint density at radius 1 is 0.929 bits per heavy atom. The molecule has 0 saturated carbocycles. The quantitative estimate of drug-likeness (QED) is 0.373. The van der Waals surface area contributed by atoms with Gasteiger partial charge in [0.15, 0.2) is 0 Å². The lowest BCUT2D eigenvalue weighted by Gasteiger charge is -2.28. The summed E-state index contributed by atoms with van der Waals surface area (Å²) >= 11 is 0. The first-order valence-electron chi connectivity index (χ1n) is 11.9. The van der Waals surface area contributed by atoms with Crippen LogP contribution < -0.4 is 10.5 Å². The summed E-state index contributed by atoms with van der Waals surface area (Å²) in [5, 5.41) is 0. The van der Waals surface area contributed by atoms with Gasteiger partial charge in [0, 0.05) is 5.69 Å². The second kappa shape index (κ2) is 11.7. The van der Waals surface area contributed by atoms with Crippen molar-refractivity contribution in [3.05, 3.63) is 23.3 Å². The Balaban J connectivity index is 1.58. The highest BCUT2D eigenvalue weighted by Gasteiger charge is 2.21. The van der Waals surface area contributed by atoms with E-state index in [4.69, 9.17) is 10.5 Å². The summed E-state index contributed by atoms with van der Waals surface area (Å²) in [7, 11) is 0. The minimum absolute atomic E-state index is 0.392. The zero-order valence-corrected chi connectivity index (χ0v) is 19.2. The Bertz CT molecular complexity index is 580. The molecule has 2 nitrogen and oxygen atoms in total. The highest BCUT2D eigenvalue weighted by molar-refractivity contribution is 5.53. The first kappa shape index (κ1) is 23.1. The number of nitrogen functional groups attached to an aromatic ring is 1. The van der Waals surface area contributed by atoms with Crippen LogP contribution in [0.3, 0.4) is 0 Å². The van der Waals surface area contributed by atoms with E-state index in [0.717, 1.165) is 42.0 Å². The van der Waals surface area contributed by atoms with E-state index >= 15 is 0 Å². The number of aryl methyl sites for hydroxylation is 2. The fourth-order valence-electron chi connectivity index (χ4n) is 4.65. The average molecular weight is 388 g/mol. The number of benzene rings is 1. The molecule has 0 amide bonds. The van der Waals surface area contributed by atoms with Crippen LogP contribution in [0.2, 0.25) is 0 Å². The third-order valence-electron chi connectivity index (χ3n) is 6.49. The van der Waals surface area contributed by atoms with Crippen LogP contribution in [0.5, 0.6) is 5.75 Å². The molecule has 0 aliphatic carbocycles. The van der Waals surface area contributed by atoms with Gasteiger partial charge in [-0.05, 0) is 73.6 Å². The van der Waals surface area contributed by atoms with E-state index in [1.165, 1.54) is 68.9 Å². The molecule has 28 heavy (non-hydrogen) atoms. The molecule has 0 spiro atoms. The summed E-state index contributed by atoms with van der Waals surface area (Å²) in [5.74, 6) is 3.71. The van der Waals surface area contributed by atoms with Gasteiger partial charge in [0.1, 0.15) is 5.75 Å². The van der Waals surface area contributed by atoms with Gasteiger partial charge in [-0.2, -0.15) is 0 Å². The molecule has 0 unspecified atom stereocenters. The van der Waals surface area contributed by atoms with E-state index in [0.29, 0.717) is 6.10 Å². The fraction of sp³-hybridized carbons (Fsp3) is 0.769. The molecule has 1 aromatic rings. The SMILES string of the molecule is Cc1cc(N)cc2c1O[C@H](CCC[C@H](C)CCC[C@H](C)CCCC(C)C)CC2. The van der Waals surface area contributed by atoms with Gasteiger partial charge in [-0.15, -0.1) is 0 Å². The lowest BCUT2D eigenvalue weighted by atomic mass is 9.91. The van der Waals surface area contributed by atoms with Crippen LogP contribution in [-0.4, -0.2) is 6.10 Å². The Labute approximate surface area is 174 Å². The molecule has 2 heteroatoms. The van der Waals surface area contributed by atoms with Crippen LogP contribution in [0.15, 0.2) is 12.1 Å². The van der Waals surface area contributed by atoms with Crippen molar-refractivity contribution in [2.75, 3.05) is 5.73 Å². The molecule has 0 radical (unpaired) electrons. The number of nitrogens with two attached hydrogens (primary N) is 1. The van der Waals surface area contributed by atoms with Crippen molar-refractivity contribution < 1.29 is 4.74 Å². The van der Waals surface area contributed by atoms with Crippen molar-refractivity contribution >= 4 is 5.69 Å². The van der Waals surface area contributed by atoms with Crippen LogP contribution in [0.4, 0.5) is 5.69 Å². The molecular formula is C26H45NO. The number of ether oxygens (including phenoxy) is 1. The zero-order valence-electron chi connectivity index (χ0n) is 19.2. The molecule has 1 heterocycles. The molecule has 0 fully saturated rings. The van der Waals surface area contributed by atoms with Gasteiger partial charge in [0.25, 0.3) is 0 Å². The molecule has 0 bridgehead atoms. The summed E-state index contributed by atoms with van der Waals surface area (Å²) < 4.78 is 6.31. The van der Waals surface area contributed by atoms with Crippen molar-refractivity contribution in [2.24, 2.45) is 17.8 Å². The van der Waals surface area contributed by atoms with Crippen LogP contribution in [0.25, 0.3) is 0 Å². The maximum absolute atomic E-state index is 6.31. The summed E-state index contributed by atoms with van der Waals surface area (Å²) in [4.78, 5) is 0. The number of anilines is 1. The van der Waals surface area contributed by atoms with E-state index < -0.39 is 0 Å². The van der Waals surface area contributed by atoms with Gasteiger partial charge in [0.2, 0.25) is 0 Å². The van der Waals surface area contributed by atoms with Gasteiger partial charge < -0.3 is 10.5 Å². The second-order valence-corrected chi connectivity index (χ2v) is 10.0. The van der Waals surface area contributed by atoms with Crippen molar-refractivity contribution in [3.8, 4) is 5.75 Å². The van der Waals surface area contributed by atoms with Gasteiger partial charge in [0.05, 0.1) is 6.10 Å². The minimum Gasteiger partial charge on any atom is -0.490 e. The summed E-state index contributed by atoms with van der Waals surface area (Å²) in [6, 6.07) is 4.12. The summed E-state index contributed by atoms with van der Waals surface area (Å²) in [5.41, 5.74) is 9.32. The maximum Gasteiger partial charge on any atom is 0.125 e. The molecular weight excluding hydrogens is 342 g/mol. The van der Waals surface area contributed by atoms with Gasteiger partial charge >= 0.3 is 0 Å². The van der Waals surface area contributed by atoms with E-state index in [1.54, 1.807) is 0 Å². The Hall–Kier alpha value is -1.18. The lowest BCUT2D eigenvalue weighted by Crippen LogP contribution is -2.23. The molecule has 0 saturated heterocycles. The number of fused-ring (bicyclic) bond motifs is 1. The normalized spacial score (nSPS) is 18.6. The molecule has 160 valence electrons. The monoisotopic (exact) mass is 387 g/mol. The van der Waals surface area contributed by atoms with E-state index in [-0.39, 0.29) is 0 Å². The van der Waals surface area contributed by atoms with Gasteiger partial charge in [-0.3, -0.25) is 0 Å². The Morgan fingerprint density at radius 3 is 2.18 bits per heavy atom. The first-order valence-corrected chi connectivity index (χ1v) is 11.9. The highest BCUT2D eigenvalue weighted by atomic mass is 16.5. The standard InChI is InChI=1S/C26H45NO/c1-19(2)9-6-10-20(3)11-7-12-21(4)13-8-14-25-16-15-23-18-24(27)17-22(5)26(23)28-25/h17-21,25H,6-16,27H2,1-5H3/t20-,21-,25-/m1/s1. The third kappa shape index (κ3) is 8.05. The molecule has 1 aromatic carbocycles. The maximum atomic E-state index is 6.31. The predicted octanol–water partition coefficient (Wildman–Crippen LogP) is 7.71. The Kier molecular flexibility index (Phi) is 9.68. The van der Waals surface area contributed by atoms with Crippen LogP contribution in [0.1, 0.15) is 103 Å².